The van der Waals surface area contributed by atoms with Crippen molar-refractivity contribution >= 4 is 5.78 Å². The monoisotopic (exact) mass is 205 g/mol. The van der Waals surface area contributed by atoms with E-state index in [1.165, 1.54) is 0 Å². The molecule has 5 heteroatoms. The van der Waals surface area contributed by atoms with Crippen molar-refractivity contribution in [3.8, 4) is 0 Å². The average molecular weight is 205 g/mol. The average Bonchev–Trinajstić information content (AvgIpc) is 2.03. The summed E-state index contributed by atoms with van der Waals surface area (Å²) in [4.78, 5) is 11.2. The molecule has 5 nitrogen and oxygen atoms in total. The van der Waals surface area contributed by atoms with Gasteiger partial charge in [-0.3, -0.25) is 4.79 Å². The molecule has 84 valence electrons. The number of rotatable bonds is 8. The van der Waals surface area contributed by atoms with Gasteiger partial charge >= 0.3 is 0 Å². The number of hydrogen-bond acceptors (Lipinski definition) is 5. The van der Waals surface area contributed by atoms with Crippen LogP contribution in [0.2, 0.25) is 0 Å². The molecule has 0 amide bonds. The molecule has 0 aromatic rings. The number of hydrogen-bond donors (Lipinski definition) is 4. The standard InChI is InChI=1S/C9H19NO4/c10-7(1-3-11)5-9(14)6-8(13)2-4-12/h7-8,11-13H,1-6,10H2. The van der Waals surface area contributed by atoms with E-state index in [1.54, 1.807) is 0 Å². The molecule has 0 spiro atoms. The lowest BCUT2D eigenvalue weighted by Gasteiger charge is -2.11. The Labute approximate surface area is 83.5 Å². The summed E-state index contributed by atoms with van der Waals surface area (Å²) in [6.07, 6.45) is 0.0137. The first kappa shape index (κ1) is 13.5. The Morgan fingerprint density at radius 3 is 2.21 bits per heavy atom. The fraction of sp³-hybridized carbons (Fsp3) is 0.889. The van der Waals surface area contributed by atoms with Crippen LogP contribution in [0.3, 0.4) is 0 Å². The van der Waals surface area contributed by atoms with E-state index in [-0.39, 0.29) is 44.3 Å². The van der Waals surface area contributed by atoms with Crippen LogP contribution in [0, 0.1) is 0 Å². The Hall–Kier alpha value is -0.490. The topological polar surface area (TPSA) is 104 Å². The predicted octanol–water partition coefficient (Wildman–Crippen LogP) is -1.21. The number of aliphatic hydroxyl groups is 3. The fourth-order valence-corrected chi connectivity index (χ4v) is 1.16. The third-order valence-electron chi connectivity index (χ3n) is 1.92. The second-order valence-electron chi connectivity index (χ2n) is 3.39. The van der Waals surface area contributed by atoms with Crippen LogP contribution < -0.4 is 5.73 Å². The molecule has 0 rings (SSSR count). The molecule has 0 aliphatic rings. The molecule has 0 saturated carbocycles. The molecule has 0 saturated heterocycles. The molecule has 14 heavy (non-hydrogen) atoms. The Bertz CT molecular complexity index is 147. The van der Waals surface area contributed by atoms with Crippen molar-refractivity contribution in [3.63, 3.8) is 0 Å². The summed E-state index contributed by atoms with van der Waals surface area (Å²) in [7, 11) is 0. The largest absolute Gasteiger partial charge is 0.396 e. The normalized spacial score (nSPS) is 15.1. The highest BCUT2D eigenvalue weighted by Crippen LogP contribution is 2.03. The molecule has 0 fully saturated rings. The van der Waals surface area contributed by atoms with Gasteiger partial charge < -0.3 is 21.1 Å². The van der Waals surface area contributed by atoms with Crippen molar-refractivity contribution in [1.82, 2.24) is 0 Å². The Balaban J connectivity index is 3.63. The number of nitrogens with two attached hydrogens (primary N) is 1. The van der Waals surface area contributed by atoms with E-state index >= 15 is 0 Å². The highest BCUT2D eigenvalue weighted by molar-refractivity contribution is 5.79. The zero-order valence-corrected chi connectivity index (χ0v) is 8.22. The molecule has 0 radical (unpaired) electrons. The van der Waals surface area contributed by atoms with Gasteiger partial charge in [0.15, 0.2) is 0 Å². The lowest BCUT2D eigenvalue weighted by atomic mass is 10.0. The van der Waals surface area contributed by atoms with Gasteiger partial charge in [-0.25, -0.2) is 0 Å². The van der Waals surface area contributed by atoms with Crippen LogP contribution in [-0.4, -0.2) is 46.5 Å². The van der Waals surface area contributed by atoms with Crippen LogP contribution in [0.1, 0.15) is 25.7 Å². The van der Waals surface area contributed by atoms with Gasteiger partial charge in [0.2, 0.25) is 0 Å². The molecule has 5 N–H and O–H groups in total. The summed E-state index contributed by atoms with van der Waals surface area (Å²) in [6.45, 7) is -0.162. The zero-order chi connectivity index (χ0) is 11.0. The molecule has 2 atom stereocenters. The second-order valence-corrected chi connectivity index (χ2v) is 3.39. The van der Waals surface area contributed by atoms with Crippen LogP contribution in [0.25, 0.3) is 0 Å². The molecule has 0 aromatic heterocycles. The van der Waals surface area contributed by atoms with Gasteiger partial charge in [-0.2, -0.15) is 0 Å². The van der Waals surface area contributed by atoms with Crippen LogP contribution >= 0.6 is 0 Å². The fourth-order valence-electron chi connectivity index (χ4n) is 1.16. The molecular weight excluding hydrogens is 186 g/mol. The highest BCUT2D eigenvalue weighted by atomic mass is 16.3. The van der Waals surface area contributed by atoms with Crippen LogP contribution in [-0.2, 0) is 4.79 Å². The second kappa shape index (κ2) is 7.87. The quantitative estimate of drug-likeness (QED) is 0.398. The number of carbonyl (C=O) groups is 1. The van der Waals surface area contributed by atoms with Crippen molar-refractivity contribution in [2.75, 3.05) is 13.2 Å². The summed E-state index contributed by atoms with van der Waals surface area (Å²) in [6, 6.07) is -0.339. The van der Waals surface area contributed by atoms with Gasteiger partial charge in [-0.1, -0.05) is 0 Å². The van der Waals surface area contributed by atoms with E-state index in [0.717, 1.165) is 0 Å². The summed E-state index contributed by atoms with van der Waals surface area (Å²) < 4.78 is 0. The molecule has 0 bridgehead atoms. The minimum atomic E-state index is -0.783. The number of Topliss-reactive ketones (excluding diaryl/α,β-unsaturated/α-hetero) is 1. The smallest absolute Gasteiger partial charge is 0.137 e. The first-order valence-electron chi connectivity index (χ1n) is 4.77. The van der Waals surface area contributed by atoms with Gasteiger partial charge in [0, 0.05) is 32.1 Å². The minimum Gasteiger partial charge on any atom is -0.396 e. The third-order valence-corrected chi connectivity index (χ3v) is 1.92. The van der Waals surface area contributed by atoms with E-state index in [0.29, 0.717) is 6.42 Å². The van der Waals surface area contributed by atoms with E-state index in [1.807, 2.05) is 0 Å². The van der Waals surface area contributed by atoms with Crippen LogP contribution in [0.15, 0.2) is 0 Å². The van der Waals surface area contributed by atoms with E-state index in [9.17, 15) is 9.90 Å². The minimum absolute atomic E-state index is 0.0275. The lowest BCUT2D eigenvalue weighted by molar-refractivity contribution is -0.121. The lowest BCUT2D eigenvalue weighted by Crippen LogP contribution is -2.26. The summed E-state index contributed by atoms with van der Waals surface area (Å²) in [5, 5.41) is 26.2. The van der Waals surface area contributed by atoms with E-state index < -0.39 is 6.10 Å². The Morgan fingerprint density at radius 1 is 1.14 bits per heavy atom. The van der Waals surface area contributed by atoms with Crippen molar-refractivity contribution in [1.29, 1.82) is 0 Å². The van der Waals surface area contributed by atoms with Gasteiger partial charge in [0.1, 0.15) is 5.78 Å². The van der Waals surface area contributed by atoms with Crippen molar-refractivity contribution in [2.45, 2.75) is 37.8 Å². The van der Waals surface area contributed by atoms with Gasteiger partial charge in [0.05, 0.1) is 6.10 Å². The molecular formula is C9H19NO4. The third kappa shape index (κ3) is 6.97. The van der Waals surface area contributed by atoms with Crippen molar-refractivity contribution < 1.29 is 20.1 Å². The molecule has 0 aliphatic carbocycles. The Kier molecular flexibility index (Phi) is 7.60. The van der Waals surface area contributed by atoms with Crippen molar-refractivity contribution in [2.24, 2.45) is 5.73 Å². The molecule has 2 unspecified atom stereocenters. The number of aliphatic hydroxyl groups excluding tert-OH is 3. The maximum absolute atomic E-state index is 11.2. The van der Waals surface area contributed by atoms with Crippen molar-refractivity contribution in [3.05, 3.63) is 0 Å². The summed E-state index contributed by atoms with van der Waals surface area (Å²) >= 11 is 0. The highest BCUT2D eigenvalue weighted by Gasteiger charge is 2.13. The van der Waals surface area contributed by atoms with Gasteiger partial charge in [-0.15, -0.1) is 0 Å². The summed E-state index contributed by atoms with van der Waals surface area (Å²) in [5.41, 5.74) is 5.52. The van der Waals surface area contributed by atoms with Crippen LogP contribution in [0.4, 0.5) is 0 Å². The maximum atomic E-state index is 11.2. The molecule has 0 aliphatic heterocycles. The number of ketones is 1. The van der Waals surface area contributed by atoms with Crippen LogP contribution in [0.5, 0.6) is 0 Å². The van der Waals surface area contributed by atoms with Gasteiger partial charge in [-0.05, 0) is 12.8 Å². The SMILES string of the molecule is NC(CCO)CC(=O)CC(O)CCO. The van der Waals surface area contributed by atoms with E-state index in [2.05, 4.69) is 0 Å². The first-order valence-corrected chi connectivity index (χ1v) is 4.77. The first-order chi connectivity index (χ1) is 6.60. The maximum Gasteiger partial charge on any atom is 0.137 e. The zero-order valence-electron chi connectivity index (χ0n) is 8.22. The summed E-state index contributed by atoms with van der Waals surface area (Å²) in [5.74, 6) is -0.132. The predicted molar refractivity (Wildman–Crippen MR) is 51.6 cm³/mol. The molecule has 0 aromatic carbocycles. The number of carbonyl (C=O) groups excluding carboxylic acids is 1. The Morgan fingerprint density at radius 2 is 1.71 bits per heavy atom. The molecule has 0 heterocycles. The van der Waals surface area contributed by atoms with E-state index in [4.69, 9.17) is 15.9 Å². The van der Waals surface area contributed by atoms with Gasteiger partial charge in [0.25, 0.3) is 0 Å².